The topological polar surface area (TPSA) is 64.9 Å². The summed E-state index contributed by atoms with van der Waals surface area (Å²) in [5.74, 6) is 2.56. The van der Waals surface area contributed by atoms with Crippen LogP contribution in [0, 0.1) is 0 Å². The first kappa shape index (κ1) is 14.5. The Morgan fingerprint density at radius 3 is 2.75 bits per heavy atom. The Bertz CT molecular complexity index is 540. The summed E-state index contributed by atoms with van der Waals surface area (Å²) in [6, 6.07) is 3.90. The number of hydrogen-bond acceptors (Lipinski definition) is 5. The second kappa shape index (κ2) is 6.47. The molecule has 0 atom stereocenters. The Balaban J connectivity index is 2.37. The molecule has 0 amide bonds. The fourth-order valence-electron chi connectivity index (χ4n) is 1.84. The Morgan fingerprint density at radius 1 is 1.35 bits per heavy atom. The Kier molecular flexibility index (Phi) is 4.68. The van der Waals surface area contributed by atoms with Crippen molar-refractivity contribution in [3.8, 4) is 5.82 Å². The summed E-state index contributed by atoms with van der Waals surface area (Å²) >= 11 is 0. The summed E-state index contributed by atoms with van der Waals surface area (Å²) < 4.78 is 6.89. The maximum absolute atomic E-state index is 5.11. The third-order valence-electron chi connectivity index (χ3n) is 2.83. The van der Waals surface area contributed by atoms with E-state index in [9.17, 15) is 0 Å². The van der Waals surface area contributed by atoms with Crippen LogP contribution in [0.3, 0.4) is 0 Å². The van der Waals surface area contributed by atoms with E-state index < -0.39 is 0 Å². The Labute approximate surface area is 119 Å². The molecule has 0 spiro atoms. The third-order valence-corrected chi connectivity index (χ3v) is 2.83. The van der Waals surface area contributed by atoms with Gasteiger partial charge in [-0.2, -0.15) is 5.10 Å². The maximum atomic E-state index is 5.11. The smallest absolute Gasteiger partial charge is 0.159 e. The van der Waals surface area contributed by atoms with Gasteiger partial charge in [-0.1, -0.05) is 13.8 Å². The van der Waals surface area contributed by atoms with Crippen LogP contribution in [0.25, 0.3) is 5.82 Å². The highest BCUT2D eigenvalue weighted by molar-refractivity contribution is 5.41. The minimum absolute atomic E-state index is 0.380. The number of nitrogens with one attached hydrogen (secondary N) is 1. The van der Waals surface area contributed by atoms with Crippen LogP contribution in [0.4, 0.5) is 5.82 Å². The van der Waals surface area contributed by atoms with Crippen molar-refractivity contribution in [2.24, 2.45) is 0 Å². The molecule has 2 rings (SSSR count). The van der Waals surface area contributed by atoms with E-state index in [2.05, 4.69) is 34.2 Å². The minimum Gasteiger partial charge on any atom is -0.377 e. The average molecular weight is 275 g/mol. The first-order valence-electron chi connectivity index (χ1n) is 6.80. The summed E-state index contributed by atoms with van der Waals surface area (Å²) in [7, 11) is 1.63. The van der Waals surface area contributed by atoms with Gasteiger partial charge in [0.05, 0.1) is 5.69 Å². The molecule has 6 nitrogen and oxygen atoms in total. The van der Waals surface area contributed by atoms with Crippen LogP contribution >= 0.6 is 0 Å². The minimum atomic E-state index is 0.380. The fraction of sp³-hybridized carbons (Fsp3) is 0.500. The van der Waals surface area contributed by atoms with Gasteiger partial charge in [0.15, 0.2) is 11.6 Å². The van der Waals surface area contributed by atoms with Gasteiger partial charge in [0.25, 0.3) is 0 Å². The van der Waals surface area contributed by atoms with Gasteiger partial charge < -0.3 is 10.1 Å². The van der Waals surface area contributed by atoms with Crippen LogP contribution in [0.15, 0.2) is 18.3 Å². The molecule has 0 aliphatic carbocycles. The second-order valence-electron chi connectivity index (χ2n) is 4.83. The van der Waals surface area contributed by atoms with E-state index in [4.69, 9.17) is 4.74 Å². The predicted octanol–water partition coefficient (Wildman–Crippen LogP) is 2.36. The quantitative estimate of drug-likeness (QED) is 0.876. The lowest BCUT2D eigenvalue weighted by Crippen LogP contribution is -2.09. The highest BCUT2D eigenvalue weighted by Crippen LogP contribution is 2.15. The van der Waals surface area contributed by atoms with Gasteiger partial charge in [-0.3, -0.25) is 0 Å². The highest BCUT2D eigenvalue weighted by atomic mass is 16.5. The first-order chi connectivity index (χ1) is 9.63. The number of aromatic nitrogens is 4. The molecular weight excluding hydrogens is 254 g/mol. The van der Waals surface area contributed by atoms with Crippen LogP contribution in [0.1, 0.15) is 38.2 Å². The van der Waals surface area contributed by atoms with Gasteiger partial charge in [-0.05, 0) is 18.9 Å². The van der Waals surface area contributed by atoms with E-state index >= 15 is 0 Å². The van der Waals surface area contributed by atoms with E-state index in [0.717, 1.165) is 23.9 Å². The van der Waals surface area contributed by atoms with E-state index in [1.165, 1.54) is 0 Å². The van der Waals surface area contributed by atoms with Crippen molar-refractivity contribution in [2.45, 2.75) is 33.3 Å². The standard InChI is InChI=1S/C14H21N5O/c1-5-15-12-8-14(17-13(16-12)9-20-4)19-7-6-11(18-19)10(2)3/h6-8,10H,5,9H2,1-4H3,(H,15,16,17). The molecule has 0 aliphatic heterocycles. The molecule has 1 N–H and O–H groups in total. The van der Waals surface area contributed by atoms with Crippen LogP contribution in [0.2, 0.25) is 0 Å². The molecule has 2 heterocycles. The zero-order valence-corrected chi connectivity index (χ0v) is 12.4. The molecule has 0 saturated carbocycles. The average Bonchev–Trinajstić information content (AvgIpc) is 2.89. The lowest BCUT2D eigenvalue weighted by atomic mass is 10.1. The van der Waals surface area contributed by atoms with Crippen molar-refractivity contribution in [3.63, 3.8) is 0 Å². The zero-order chi connectivity index (χ0) is 14.5. The van der Waals surface area contributed by atoms with Crippen LogP contribution < -0.4 is 5.32 Å². The van der Waals surface area contributed by atoms with Crippen LogP contribution in [-0.2, 0) is 11.3 Å². The number of nitrogens with zero attached hydrogens (tertiary/aromatic N) is 4. The monoisotopic (exact) mass is 275 g/mol. The molecule has 2 aromatic heterocycles. The van der Waals surface area contributed by atoms with Crippen molar-refractivity contribution in [1.82, 2.24) is 19.7 Å². The first-order valence-corrected chi connectivity index (χ1v) is 6.80. The van der Waals surface area contributed by atoms with Crippen LogP contribution in [-0.4, -0.2) is 33.4 Å². The van der Waals surface area contributed by atoms with Crippen LogP contribution in [0.5, 0.6) is 0 Å². The molecular formula is C14H21N5O. The van der Waals surface area contributed by atoms with Gasteiger partial charge in [-0.15, -0.1) is 0 Å². The molecule has 0 aromatic carbocycles. The molecule has 0 aliphatic rings. The molecule has 20 heavy (non-hydrogen) atoms. The lowest BCUT2D eigenvalue weighted by molar-refractivity contribution is 0.178. The largest absolute Gasteiger partial charge is 0.377 e. The molecule has 108 valence electrons. The summed E-state index contributed by atoms with van der Waals surface area (Å²) in [6.45, 7) is 7.45. The summed E-state index contributed by atoms with van der Waals surface area (Å²) in [4.78, 5) is 8.86. The molecule has 0 fully saturated rings. The summed E-state index contributed by atoms with van der Waals surface area (Å²) in [6.07, 6.45) is 1.92. The van der Waals surface area contributed by atoms with Crippen molar-refractivity contribution >= 4 is 5.82 Å². The lowest BCUT2D eigenvalue weighted by Gasteiger charge is -2.08. The summed E-state index contributed by atoms with van der Waals surface area (Å²) in [5.41, 5.74) is 1.04. The van der Waals surface area contributed by atoms with Gasteiger partial charge >= 0.3 is 0 Å². The molecule has 2 aromatic rings. The van der Waals surface area contributed by atoms with Crippen molar-refractivity contribution in [3.05, 3.63) is 29.8 Å². The molecule has 0 bridgehead atoms. The highest BCUT2D eigenvalue weighted by Gasteiger charge is 2.09. The molecule has 0 radical (unpaired) electrons. The third kappa shape index (κ3) is 3.33. The number of ether oxygens (including phenoxy) is 1. The zero-order valence-electron chi connectivity index (χ0n) is 12.4. The van der Waals surface area contributed by atoms with E-state index in [0.29, 0.717) is 18.3 Å². The number of anilines is 1. The van der Waals surface area contributed by atoms with E-state index in [1.54, 1.807) is 11.8 Å². The Hall–Kier alpha value is -1.95. The number of rotatable bonds is 6. The van der Waals surface area contributed by atoms with Crippen molar-refractivity contribution in [1.29, 1.82) is 0 Å². The van der Waals surface area contributed by atoms with Crippen molar-refractivity contribution in [2.75, 3.05) is 19.0 Å². The Morgan fingerprint density at radius 2 is 2.15 bits per heavy atom. The normalized spacial score (nSPS) is 11.1. The van der Waals surface area contributed by atoms with Gasteiger partial charge in [-0.25, -0.2) is 14.6 Å². The van der Waals surface area contributed by atoms with Crippen molar-refractivity contribution < 1.29 is 4.74 Å². The molecule has 0 unspecified atom stereocenters. The molecule has 0 saturated heterocycles. The van der Waals surface area contributed by atoms with E-state index in [-0.39, 0.29) is 0 Å². The second-order valence-corrected chi connectivity index (χ2v) is 4.83. The molecule has 6 heteroatoms. The van der Waals surface area contributed by atoms with Gasteiger partial charge in [0, 0.05) is 25.9 Å². The predicted molar refractivity (Wildman–Crippen MR) is 78.1 cm³/mol. The number of methoxy groups -OCH3 is 1. The van der Waals surface area contributed by atoms with Gasteiger partial charge in [0.1, 0.15) is 12.4 Å². The SMILES string of the molecule is CCNc1cc(-n2ccc(C(C)C)n2)nc(COC)n1. The van der Waals surface area contributed by atoms with Gasteiger partial charge in [0.2, 0.25) is 0 Å². The number of hydrogen-bond donors (Lipinski definition) is 1. The maximum Gasteiger partial charge on any atom is 0.159 e. The fourth-order valence-corrected chi connectivity index (χ4v) is 1.84. The summed E-state index contributed by atoms with van der Waals surface area (Å²) in [5, 5.41) is 7.74. The van der Waals surface area contributed by atoms with E-state index in [1.807, 2.05) is 25.3 Å².